The molecule has 1 aromatic rings. The Hall–Kier alpha value is -1.81. The smallest absolute Gasteiger partial charge is 0.275 e. The second-order valence-electron chi connectivity index (χ2n) is 5.70. The van der Waals surface area contributed by atoms with Gasteiger partial charge in [0.25, 0.3) is 5.91 Å². The molecule has 2 aliphatic rings. The van der Waals surface area contributed by atoms with E-state index in [2.05, 4.69) is 10.3 Å². The lowest BCUT2D eigenvalue weighted by molar-refractivity contribution is -0.115. The summed E-state index contributed by atoms with van der Waals surface area (Å²) in [5.41, 5.74) is 1.18. The molecule has 0 saturated heterocycles. The molecule has 0 radical (unpaired) electrons. The zero-order valence-electron chi connectivity index (χ0n) is 12.6. The lowest BCUT2D eigenvalue weighted by atomic mass is 9.88. The Labute approximate surface area is 135 Å². The fourth-order valence-corrected chi connectivity index (χ4v) is 3.20. The zero-order valence-corrected chi connectivity index (χ0v) is 13.3. The van der Waals surface area contributed by atoms with Crippen molar-refractivity contribution < 1.29 is 9.53 Å². The summed E-state index contributed by atoms with van der Waals surface area (Å²) in [7, 11) is 1.59. The zero-order chi connectivity index (χ0) is 15.5. The van der Waals surface area contributed by atoms with Crippen LogP contribution in [0.4, 0.5) is 0 Å². The van der Waals surface area contributed by atoms with E-state index in [9.17, 15) is 4.79 Å². The summed E-state index contributed by atoms with van der Waals surface area (Å²) in [6.07, 6.45) is 7.64. The highest BCUT2D eigenvalue weighted by atomic mass is 35.5. The van der Waals surface area contributed by atoms with Gasteiger partial charge in [-0.15, -0.1) is 0 Å². The number of amidine groups is 1. The number of benzene rings is 1. The average Bonchev–Trinajstić information content (AvgIpc) is 2.90. The van der Waals surface area contributed by atoms with Gasteiger partial charge in [-0.3, -0.25) is 4.79 Å². The number of halogens is 1. The Morgan fingerprint density at radius 2 is 2.09 bits per heavy atom. The molecule has 1 heterocycles. The molecule has 0 bridgehead atoms. The fourth-order valence-electron chi connectivity index (χ4n) is 3.02. The summed E-state index contributed by atoms with van der Waals surface area (Å²) in [4.78, 5) is 16.7. The van der Waals surface area contributed by atoms with E-state index in [1.807, 2.05) is 0 Å². The van der Waals surface area contributed by atoms with Gasteiger partial charge in [0.2, 0.25) is 0 Å². The minimum atomic E-state index is -0.150. The number of rotatable bonds is 3. The molecule has 0 unspecified atom stereocenters. The van der Waals surface area contributed by atoms with E-state index < -0.39 is 0 Å². The number of hydrogen-bond acceptors (Lipinski definition) is 3. The number of amides is 1. The topological polar surface area (TPSA) is 50.7 Å². The van der Waals surface area contributed by atoms with Crippen molar-refractivity contribution in [3.63, 3.8) is 0 Å². The van der Waals surface area contributed by atoms with Crippen LogP contribution in [0, 0.1) is 5.92 Å². The normalized spacial score (nSPS) is 20.9. The molecule has 22 heavy (non-hydrogen) atoms. The van der Waals surface area contributed by atoms with Crippen molar-refractivity contribution in [1.82, 2.24) is 5.32 Å². The van der Waals surface area contributed by atoms with Crippen molar-refractivity contribution in [2.75, 3.05) is 7.11 Å². The lowest BCUT2D eigenvalue weighted by Gasteiger charge is -2.20. The summed E-state index contributed by atoms with van der Waals surface area (Å²) in [5.74, 6) is 1.72. The summed E-state index contributed by atoms with van der Waals surface area (Å²) in [6, 6.07) is 5.32. The van der Waals surface area contributed by atoms with Crippen LogP contribution in [0.25, 0.3) is 6.08 Å². The first kappa shape index (κ1) is 15.1. The Bertz CT molecular complexity index is 646. The second kappa shape index (κ2) is 6.53. The SMILES string of the molecule is COc1ccc(Cl)cc1/C=C1/N=C(C2CCCCC2)NC1=O. The molecule has 1 aliphatic heterocycles. The van der Waals surface area contributed by atoms with Crippen LogP contribution in [0.15, 0.2) is 28.9 Å². The average molecular weight is 319 g/mol. The van der Waals surface area contributed by atoms with Crippen molar-refractivity contribution >= 4 is 29.4 Å². The third kappa shape index (κ3) is 3.17. The van der Waals surface area contributed by atoms with E-state index >= 15 is 0 Å². The maximum absolute atomic E-state index is 12.1. The summed E-state index contributed by atoms with van der Waals surface area (Å²) < 4.78 is 5.31. The molecule has 3 rings (SSSR count). The van der Waals surface area contributed by atoms with Crippen LogP contribution in [0.5, 0.6) is 5.75 Å². The highest BCUT2D eigenvalue weighted by Gasteiger charge is 2.27. The number of aliphatic imine (C=N–C) groups is 1. The van der Waals surface area contributed by atoms with E-state index in [0.717, 1.165) is 24.2 Å². The number of nitrogens with one attached hydrogen (secondary N) is 1. The molecule has 1 amide bonds. The highest BCUT2D eigenvalue weighted by Crippen LogP contribution is 2.29. The Balaban J connectivity index is 1.89. The predicted molar refractivity (Wildman–Crippen MR) is 88.1 cm³/mol. The van der Waals surface area contributed by atoms with E-state index in [1.54, 1.807) is 31.4 Å². The molecule has 0 atom stereocenters. The van der Waals surface area contributed by atoms with Gasteiger partial charge in [-0.25, -0.2) is 4.99 Å². The first-order valence-electron chi connectivity index (χ1n) is 7.62. The molecule has 1 fully saturated rings. The van der Waals surface area contributed by atoms with Crippen LogP contribution in [0.1, 0.15) is 37.7 Å². The van der Waals surface area contributed by atoms with Crippen LogP contribution >= 0.6 is 11.6 Å². The monoisotopic (exact) mass is 318 g/mol. The molecule has 1 saturated carbocycles. The van der Waals surface area contributed by atoms with E-state index in [0.29, 0.717) is 22.4 Å². The molecule has 0 spiro atoms. The van der Waals surface area contributed by atoms with Gasteiger partial charge in [0.05, 0.1) is 7.11 Å². The van der Waals surface area contributed by atoms with Crippen molar-refractivity contribution in [2.45, 2.75) is 32.1 Å². The number of hydrogen-bond donors (Lipinski definition) is 1. The molecule has 5 heteroatoms. The largest absolute Gasteiger partial charge is 0.496 e. The number of nitrogens with zero attached hydrogens (tertiary/aromatic N) is 1. The molecular weight excluding hydrogens is 300 g/mol. The van der Waals surface area contributed by atoms with Crippen molar-refractivity contribution in [3.05, 3.63) is 34.5 Å². The van der Waals surface area contributed by atoms with E-state index in [-0.39, 0.29) is 5.91 Å². The number of ether oxygens (including phenoxy) is 1. The molecule has 1 aromatic carbocycles. The van der Waals surface area contributed by atoms with Gasteiger partial charge in [-0.1, -0.05) is 30.9 Å². The van der Waals surface area contributed by atoms with Crippen LogP contribution < -0.4 is 10.1 Å². The molecule has 4 nitrogen and oxygen atoms in total. The molecule has 1 aliphatic carbocycles. The number of carbonyl (C=O) groups is 1. The van der Waals surface area contributed by atoms with Crippen molar-refractivity contribution in [1.29, 1.82) is 0 Å². The summed E-state index contributed by atoms with van der Waals surface area (Å²) in [5, 5.41) is 3.51. The molecule has 0 aromatic heterocycles. The van der Waals surface area contributed by atoms with Gasteiger partial charge in [-0.2, -0.15) is 0 Å². The van der Waals surface area contributed by atoms with Crippen LogP contribution in [0.3, 0.4) is 0 Å². The van der Waals surface area contributed by atoms with Gasteiger partial charge >= 0.3 is 0 Å². The molecular formula is C17H19ClN2O2. The minimum Gasteiger partial charge on any atom is -0.496 e. The van der Waals surface area contributed by atoms with Gasteiger partial charge in [0, 0.05) is 16.5 Å². The number of methoxy groups -OCH3 is 1. The predicted octanol–water partition coefficient (Wildman–Crippen LogP) is 3.80. The Morgan fingerprint density at radius 3 is 2.82 bits per heavy atom. The third-order valence-corrected chi connectivity index (χ3v) is 4.43. The lowest BCUT2D eigenvalue weighted by Crippen LogP contribution is -2.31. The first-order chi connectivity index (χ1) is 10.7. The van der Waals surface area contributed by atoms with Crippen LogP contribution in [-0.2, 0) is 4.79 Å². The van der Waals surface area contributed by atoms with Gasteiger partial charge in [-0.05, 0) is 37.1 Å². The van der Waals surface area contributed by atoms with E-state index in [1.165, 1.54) is 19.3 Å². The summed E-state index contributed by atoms with van der Waals surface area (Å²) >= 11 is 6.02. The standard InChI is InChI=1S/C17H19ClN2O2/c1-22-15-8-7-13(18)9-12(15)10-14-17(21)20-16(19-14)11-5-3-2-4-6-11/h7-11H,2-6H2,1H3,(H,19,20,21)/b14-10+. The highest BCUT2D eigenvalue weighted by molar-refractivity contribution is 6.30. The van der Waals surface area contributed by atoms with Gasteiger partial charge in [0.15, 0.2) is 0 Å². The Kier molecular flexibility index (Phi) is 4.48. The van der Waals surface area contributed by atoms with Gasteiger partial charge in [0.1, 0.15) is 17.3 Å². The van der Waals surface area contributed by atoms with Crippen molar-refractivity contribution in [2.24, 2.45) is 10.9 Å². The van der Waals surface area contributed by atoms with Gasteiger partial charge < -0.3 is 10.1 Å². The quantitative estimate of drug-likeness (QED) is 0.862. The maximum atomic E-state index is 12.1. The molecule has 116 valence electrons. The number of carbonyl (C=O) groups excluding carboxylic acids is 1. The maximum Gasteiger partial charge on any atom is 0.275 e. The van der Waals surface area contributed by atoms with Crippen LogP contribution in [0.2, 0.25) is 5.02 Å². The van der Waals surface area contributed by atoms with Crippen molar-refractivity contribution in [3.8, 4) is 5.75 Å². The van der Waals surface area contributed by atoms with E-state index in [4.69, 9.17) is 16.3 Å². The molecule has 1 N–H and O–H groups in total. The minimum absolute atomic E-state index is 0.150. The first-order valence-corrected chi connectivity index (χ1v) is 8.00. The second-order valence-corrected chi connectivity index (χ2v) is 6.14. The fraction of sp³-hybridized carbons (Fsp3) is 0.412. The Morgan fingerprint density at radius 1 is 1.32 bits per heavy atom. The summed E-state index contributed by atoms with van der Waals surface area (Å²) in [6.45, 7) is 0. The third-order valence-electron chi connectivity index (χ3n) is 4.19. The van der Waals surface area contributed by atoms with Crippen LogP contribution in [-0.4, -0.2) is 18.9 Å².